The number of hydrogen-bond donors (Lipinski definition) is 0. The molecule has 17 heavy (non-hydrogen) atoms. The molecule has 0 aliphatic rings. The number of nitrogens with zero attached hydrogens (tertiary/aromatic N) is 2. The van der Waals surface area contributed by atoms with Gasteiger partial charge in [0, 0.05) is 20.3 Å². The zero-order valence-electron chi connectivity index (χ0n) is 9.49. The highest BCUT2D eigenvalue weighted by Crippen LogP contribution is 2.30. The number of rotatable bonds is 3. The van der Waals surface area contributed by atoms with E-state index in [-0.39, 0.29) is 0 Å². The van der Waals surface area contributed by atoms with E-state index in [0.717, 1.165) is 10.6 Å². The molecule has 0 amide bonds. The number of sulfonamides is 1. The van der Waals surface area contributed by atoms with E-state index in [2.05, 4.69) is 4.98 Å². The molecule has 0 unspecified atom stereocenters. The minimum atomic E-state index is -3.34. The molecule has 4 nitrogen and oxygen atoms in total. The van der Waals surface area contributed by atoms with E-state index in [4.69, 9.17) is 0 Å². The first-order valence-corrected chi connectivity index (χ1v) is 7.21. The molecule has 2 aromatic heterocycles. The molecule has 90 valence electrons. The quantitative estimate of drug-likeness (QED) is 0.856. The maximum atomic E-state index is 11.9. The fourth-order valence-corrected chi connectivity index (χ4v) is 3.74. The highest BCUT2D eigenvalue weighted by atomic mass is 32.2. The van der Waals surface area contributed by atoms with Crippen LogP contribution in [-0.2, 0) is 10.0 Å². The number of aromatic nitrogens is 1. The minimum Gasteiger partial charge on any atom is -0.255 e. The summed E-state index contributed by atoms with van der Waals surface area (Å²) in [5.74, 6) is 0. The Labute approximate surface area is 105 Å². The second-order valence-electron chi connectivity index (χ2n) is 3.62. The fraction of sp³-hybridized carbons (Fsp3) is 0.182. The molecule has 2 heterocycles. The van der Waals surface area contributed by atoms with Crippen LogP contribution in [0.4, 0.5) is 0 Å². The Hall–Kier alpha value is -1.24. The molecule has 0 fully saturated rings. The molecule has 0 radical (unpaired) electrons. The molecule has 0 aromatic carbocycles. The van der Waals surface area contributed by atoms with Crippen molar-refractivity contribution in [2.24, 2.45) is 0 Å². The van der Waals surface area contributed by atoms with Crippen molar-refractivity contribution in [1.29, 1.82) is 0 Å². The molecule has 0 aliphatic heterocycles. The van der Waals surface area contributed by atoms with Crippen molar-refractivity contribution in [2.45, 2.75) is 4.21 Å². The van der Waals surface area contributed by atoms with Crippen molar-refractivity contribution in [2.75, 3.05) is 14.1 Å². The van der Waals surface area contributed by atoms with Crippen LogP contribution in [0.1, 0.15) is 0 Å². The van der Waals surface area contributed by atoms with Gasteiger partial charge in [0.25, 0.3) is 10.0 Å². The van der Waals surface area contributed by atoms with Crippen LogP contribution in [0.15, 0.2) is 40.7 Å². The summed E-state index contributed by atoms with van der Waals surface area (Å²) in [4.78, 5) is 5.04. The summed E-state index contributed by atoms with van der Waals surface area (Å²) < 4.78 is 25.3. The first-order chi connectivity index (χ1) is 8.01. The maximum absolute atomic E-state index is 11.9. The lowest BCUT2D eigenvalue weighted by atomic mass is 10.3. The van der Waals surface area contributed by atoms with Gasteiger partial charge in [0.1, 0.15) is 4.21 Å². The van der Waals surface area contributed by atoms with Gasteiger partial charge in [-0.05, 0) is 24.3 Å². The lowest BCUT2D eigenvalue weighted by Gasteiger charge is -2.08. The second kappa shape index (κ2) is 4.56. The van der Waals surface area contributed by atoms with Gasteiger partial charge < -0.3 is 0 Å². The smallest absolute Gasteiger partial charge is 0.252 e. The molecular weight excluding hydrogens is 256 g/mol. The standard InChI is InChI=1S/C11H12N2O2S2/c1-13(2)17(14,15)11-7-6-10(16-11)9-5-3-4-8-12-9/h3-8H,1-2H3. The van der Waals surface area contributed by atoms with Crippen molar-refractivity contribution in [3.8, 4) is 10.6 Å². The van der Waals surface area contributed by atoms with Crippen molar-refractivity contribution in [3.05, 3.63) is 36.5 Å². The summed E-state index contributed by atoms with van der Waals surface area (Å²) in [7, 11) is -0.293. The zero-order chi connectivity index (χ0) is 12.5. The zero-order valence-corrected chi connectivity index (χ0v) is 11.1. The molecule has 0 saturated carbocycles. The van der Waals surface area contributed by atoms with E-state index in [1.807, 2.05) is 18.2 Å². The average molecular weight is 268 g/mol. The van der Waals surface area contributed by atoms with Crippen LogP contribution in [-0.4, -0.2) is 31.8 Å². The maximum Gasteiger partial charge on any atom is 0.252 e. The van der Waals surface area contributed by atoms with Crippen LogP contribution >= 0.6 is 11.3 Å². The van der Waals surface area contributed by atoms with Crippen LogP contribution in [0.3, 0.4) is 0 Å². The SMILES string of the molecule is CN(C)S(=O)(=O)c1ccc(-c2ccccn2)s1. The van der Waals surface area contributed by atoms with Gasteiger partial charge in [-0.3, -0.25) is 4.98 Å². The molecular formula is C11H12N2O2S2. The largest absolute Gasteiger partial charge is 0.255 e. The van der Waals surface area contributed by atoms with Gasteiger partial charge in [0.15, 0.2) is 0 Å². The van der Waals surface area contributed by atoms with Gasteiger partial charge in [0.05, 0.1) is 10.6 Å². The van der Waals surface area contributed by atoms with Gasteiger partial charge in [-0.15, -0.1) is 11.3 Å². The van der Waals surface area contributed by atoms with E-state index >= 15 is 0 Å². The Morgan fingerprint density at radius 3 is 2.53 bits per heavy atom. The summed E-state index contributed by atoms with van der Waals surface area (Å²) in [5.41, 5.74) is 0.790. The van der Waals surface area contributed by atoms with Crippen molar-refractivity contribution in [3.63, 3.8) is 0 Å². The Morgan fingerprint density at radius 2 is 1.94 bits per heavy atom. The van der Waals surface area contributed by atoms with Gasteiger partial charge in [-0.25, -0.2) is 12.7 Å². The first kappa shape index (κ1) is 12.2. The summed E-state index contributed by atoms with van der Waals surface area (Å²) in [5, 5.41) is 0. The third-order valence-electron chi connectivity index (χ3n) is 2.23. The summed E-state index contributed by atoms with van der Waals surface area (Å²) in [6.07, 6.45) is 1.69. The molecule has 0 atom stereocenters. The molecule has 2 rings (SSSR count). The highest BCUT2D eigenvalue weighted by molar-refractivity contribution is 7.91. The molecule has 0 saturated heterocycles. The second-order valence-corrected chi connectivity index (χ2v) is 7.08. The minimum absolute atomic E-state index is 0.336. The average Bonchev–Trinajstić information content (AvgIpc) is 2.80. The monoisotopic (exact) mass is 268 g/mol. The Kier molecular flexibility index (Phi) is 3.28. The first-order valence-electron chi connectivity index (χ1n) is 4.95. The Bertz CT molecular complexity index is 603. The predicted octanol–water partition coefficient (Wildman–Crippen LogP) is 2.06. The third kappa shape index (κ3) is 2.38. The van der Waals surface area contributed by atoms with Crippen molar-refractivity contribution >= 4 is 21.4 Å². The number of pyridine rings is 1. The van der Waals surface area contributed by atoms with Gasteiger partial charge in [0.2, 0.25) is 0 Å². The van der Waals surface area contributed by atoms with Gasteiger partial charge >= 0.3 is 0 Å². The van der Waals surface area contributed by atoms with E-state index in [1.54, 1.807) is 18.3 Å². The van der Waals surface area contributed by atoms with E-state index in [0.29, 0.717) is 4.21 Å². The number of thiophene rings is 1. The molecule has 0 aliphatic carbocycles. The lowest BCUT2D eigenvalue weighted by Crippen LogP contribution is -2.21. The van der Waals surface area contributed by atoms with E-state index in [9.17, 15) is 8.42 Å². The summed E-state index contributed by atoms with van der Waals surface area (Å²) >= 11 is 1.23. The molecule has 0 spiro atoms. The number of hydrogen-bond acceptors (Lipinski definition) is 4. The third-order valence-corrected chi connectivity index (χ3v) is 5.62. The Balaban J connectivity index is 2.42. The van der Waals surface area contributed by atoms with Crippen LogP contribution < -0.4 is 0 Å². The van der Waals surface area contributed by atoms with Crippen LogP contribution in [0.25, 0.3) is 10.6 Å². The van der Waals surface area contributed by atoms with E-state index in [1.165, 1.54) is 29.7 Å². The van der Waals surface area contributed by atoms with Crippen LogP contribution in [0.5, 0.6) is 0 Å². The van der Waals surface area contributed by atoms with Gasteiger partial charge in [-0.2, -0.15) is 0 Å². The molecule has 6 heteroatoms. The molecule has 0 N–H and O–H groups in total. The predicted molar refractivity (Wildman–Crippen MR) is 68.4 cm³/mol. The summed E-state index contributed by atoms with van der Waals surface area (Å²) in [6, 6.07) is 8.96. The van der Waals surface area contributed by atoms with Gasteiger partial charge in [-0.1, -0.05) is 6.07 Å². The van der Waals surface area contributed by atoms with E-state index < -0.39 is 10.0 Å². The molecule has 2 aromatic rings. The van der Waals surface area contributed by atoms with Crippen LogP contribution in [0.2, 0.25) is 0 Å². The topological polar surface area (TPSA) is 50.3 Å². The normalized spacial score (nSPS) is 11.9. The Morgan fingerprint density at radius 1 is 1.18 bits per heavy atom. The fourth-order valence-electron chi connectivity index (χ4n) is 1.28. The summed E-state index contributed by atoms with van der Waals surface area (Å²) in [6.45, 7) is 0. The van der Waals surface area contributed by atoms with Crippen molar-refractivity contribution < 1.29 is 8.42 Å². The highest BCUT2D eigenvalue weighted by Gasteiger charge is 2.19. The van der Waals surface area contributed by atoms with Crippen LogP contribution in [0, 0.1) is 0 Å². The molecule has 0 bridgehead atoms. The lowest BCUT2D eigenvalue weighted by molar-refractivity contribution is 0.523. The van der Waals surface area contributed by atoms with Crippen molar-refractivity contribution in [1.82, 2.24) is 9.29 Å².